The van der Waals surface area contributed by atoms with Gasteiger partial charge in [0.2, 0.25) is 5.88 Å². The summed E-state index contributed by atoms with van der Waals surface area (Å²) in [5, 5.41) is 10.2. The standard InChI is InChI=1S/C30H42ClN3O6/c1-19(17-37-4)18-39-28-16-34(25(21(28)3)13-30(35)36)22-6-8-23(9-7-22)40-27-10-11-33(15-20(27)2)26-12-29(38-5)32-14-24(26)31/h6-9,12,14,19-21,25,27-28H,10-11,13,15-18H2,1-5H3,(H,35,36)/t19?,20?,21-,25-,27?,28-/m0/s1. The lowest BCUT2D eigenvalue weighted by molar-refractivity contribution is -0.137. The molecule has 2 aliphatic rings. The molecule has 1 aromatic carbocycles. The maximum atomic E-state index is 11.7. The minimum atomic E-state index is -0.804. The first kappa shape index (κ1) is 30.2. The van der Waals surface area contributed by atoms with E-state index in [-0.39, 0.29) is 42.4 Å². The summed E-state index contributed by atoms with van der Waals surface area (Å²) >= 11 is 6.43. The quantitative estimate of drug-likeness (QED) is 0.375. The Hall–Kier alpha value is -2.75. The van der Waals surface area contributed by atoms with Gasteiger partial charge in [-0.2, -0.15) is 0 Å². The molecule has 0 spiro atoms. The number of halogens is 1. The summed E-state index contributed by atoms with van der Waals surface area (Å²) in [6.45, 7) is 9.85. The Bertz CT molecular complexity index is 1120. The molecule has 220 valence electrons. The van der Waals surface area contributed by atoms with Gasteiger partial charge in [-0.05, 0) is 24.3 Å². The van der Waals surface area contributed by atoms with Crippen LogP contribution in [0.4, 0.5) is 11.4 Å². The second kappa shape index (κ2) is 13.7. The van der Waals surface area contributed by atoms with Gasteiger partial charge in [0.15, 0.2) is 0 Å². The van der Waals surface area contributed by atoms with Gasteiger partial charge in [0.05, 0.1) is 49.8 Å². The molecule has 0 amide bonds. The number of carboxylic acid groups (broad SMARTS) is 1. The lowest BCUT2D eigenvalue weighted by atomic mass is 9.96. The van der Waals surface area contributed by atoms with E-state index in [1.807, 2.05) is 30.3 Å². The number of hydrogen-bond acceptors (Lipinski definition) is 8. The Balaban J connectivity index is 1.38. The number of rotatable bonds is 12. The summed E-state index contributed by atoms with van der Waals surface area (Å²) in [7, 11) is 3.29. The normalized spacial score (nSPS) is 25.6. The number of carbonyl (C=O) groups is 1. The molecule has 6 atom stereocenters. The second-order valence-corrected chi connectivity index (χ2v) is 11.6. The van der Waals surface area contributed by atoms with Gasteiger partial charge in [-0.1, -0.05) is 32.4 Å². The molecule has 1 N–H and O–H groups in total. The van der Waals surface area contributed by atoms with Crippen molar-refractivity contribution in [2.24, 2.45) is 17.8 Å². The molecular weight excluding hydrogens is 534 g/mol. The number of ether oxygens (including phenoxy) is 4. The van der Waals surface area contributed by atoms with Crippen molar-refractivity contribution in [2.75, 3.05) is 56.9 Å². The third kappa shape index (κ3) is 7.30. The minimum absolute atomic E-state index is 0.0421. The van der Waals surface area contributed by atoms with Crippen molar-refractivity contribution >= 4 is 28.9 Å². The largest absolute Gasteiger partial charge is 0.490 e. The van der Waals surface area contributed by atoms with Crippen LogP contribution in [0.5, 0.6) is 11.6 Å². The highest BCUT2D eigenvalue weighted by atomic mass is 35.5. The maximum absolute atomic E-state index is 11.7. The van der Waals surface area contributed by atoms with Crippen LogP contribution in [0.1, 0.15) is 33.6 Å². The molecule has 2 fully saturated rings. The number of aromatic nitrogens is 1. The topological polar surface area (TPSA) is 93.6 Å². The third-order valence-electron chi connectivity index (χ3n) is 8.04. The summed E-state index contributed by atoms with van der Waals surface area (Å²) in [5.74, 6) is 1.19. The van der Waals surface area contributed by atoms with Crippen LogP contribution in [0, 0.1) is 17.8 Å². The first-order valence-electron chi connectivity index (χ1n) is 14.0. The van der Waals surface area contributed by atoms with E-state index in [1.54, 1.807) is 20.4 Å². The fraction of sp³-hybridized carbons (Fsp3) is 0.600. The van der Waals surface area contributed by atoms with Gasteiger partial charge in [-0.25, -0.2) is 4.98 Å². The minimum Gasteiger partial charge on any atom is -0.490 e. The average Bonchev–Trinajstić information content (AvgIpc) is 3.23. The maximum Gasteiger partial charge on any atom is 0.305 e. The van der Waals surface area contributed by atoms with Crippen molar-refractivity contribution in [1.29, 1.82) is 0 Å². The fourth-order valence-corrected chi connectivity index (χ4v) is 6.02. The van der Waals surface area contributed by atoms with Gasteiger partial charge in [0.1, 0.15) is 11.9 Å². The molecule has 0 radical (unpaired) electrons. The molecule has 3 unspecified atom stereocenters. The smallest absolute Gasteiger partial charge is 0.305 e. The first-order valence-corrected chi connectivity index (χ1v) is 14.4. The van der Waals surface area contributed by atoms with Gasteiger partial charge in [-0.3, -0.25) is 4.79 Å². The van der Waals surface area contributed by atoms with E-state index in [0.29, 0.717) is 30.7 Å². The highest BCUT2D eigenvalue weighted by molar-refractivity contribution is 6.33. The van der Waals surface area contributed by atoms with Gasteiger partial charge >= 0.3 is 5.97 Å². The Morgan fingerprint density at radius 1 is 1.15 bits per heavy atom. The van der Waals surface area contributed by atoms with E-state index < -0.39 is 5.97 Å². The summed E-state index contributed by atoms with van der Waals surface area (Å²) < 4.78 is 23.2. The summed E-state index contributed by atoms with van der Waals surface area (Å²) in [6.07, 6.45) is 2.58. The van der Waals surface area contributed by atoms with Crippen LogP contribution in [-0.2, 0) is 14.3 Å². The van der Waals surface area contributed by atoms with Gasteiger partial charge < -0.3 is 33.9 Å². The van der Waals surface area contributed by atoms with Gasteiger partial charge in [-0.15, -0.1) is 0 Å². The van der Waals surface area contributed by atoms with E-state index in [9.17, 15) is 9.90 Å². The zero-order valence-electron chi connectivity index (χ0n) is 24.1. The number of methoxy groups -OCH3 is 2. The zero-order chi connectivity index (χ0) is 28.8. The van der Waals surface area contributed by atoms with E-state index in [2.05, 4.69) is 35.6 Å². The molecule has 0 bridgehead atoms. The molecule has 2 saturated heterocycles. The molecule has 9 nitrogen and oxygen atoms in total. The predicted molar refractivity (Wildman–Crippen MR) is 156 cm³/mol. The molecule has 40 heavy (non-hydrogen) atoms. The Labute approximate surface area is 242 Å². The molecule has 0 saturated carbocycles. The number of anilines is 2. The molecule has 1 aromatic heterocycles. The highest BCUT2D eigenvalue weighted by Gasteiger charge is 2.41. The van der Waals surface area contributed by atoms with E-state index in [4.69, 9.17) is 30.5 Å². The van der Waals surface area contributed by atoms with Crippen LogP contribution in [0.3, 0.4) is 0 Å². The SMILES string of the molecule is COCC(C)CO[C@H]1CN(c2ccc(OC3CCN(c4cc(OC)ncc4Cl)CC3C)cc2)[C@@H](CC(=O)O)[C@@H]1C. The van der Waals surface area contributed by atoms with Crippen molar-refractivity contribution in [2.45, 2.75) is 51.9 Å². The fourth-order valence-electron chi connectivity index (χ4n) is 5.80. The molecular formula is C30H42ClN3O6. The van der Waals surface area contributed by atoms with Crippen LogP contribution < -0.4 is 19.3 Å². The summed E-state index contributed by atoms with van der Waals surface area (Å²) in [4.78, 5) is 20.3. The lowest BCUT2D eigenvalue weighted by Crippen LogP contribution is -2.44. The predicted octanol–water partition coefficient (Wildman–Crippen LogP) is 5.00. The van der Waals surface area contributed by atoms with Crippen molar-refractivity contribution in [3.8, 4) is 11.6 Å². The van der Waals surface area contributed by atoms with E-state index in [0.717, 1.165) is 36.6 Å². The average molecular weight is 576 g/mol. The molecule has 0 aliphatic carbocycles. The number of carboxylic acids is 1. The molecule has 10 heteroatoms. The van der Waals surface area contributed by atoms with E-state index >= 15 is 0 Å². The number of piperidine rings is 1. The van der Waals surface area contributed by atoms with Gasteiger partial charge in [0, 0.05) is 68.7 Å². The molecule has 2 aromatic rings. The Morgan fingerprint density at radius 2 is 1.90 bits per heavy atom. The Kier molecular flexibility index (Phi) is 10.4. The zero-order valence-corrected chi connectivity index (χ0v) is 24.8. The first-order chi connectivity index (χ1) is 19.2. The molecule has 2 aliphatic heterocycles. The number of nitrogens with zero attached hydrogens (tertiary/aromatic N) is 3. The van der Waals surface area contributed by atoms with Crippen molar-refractivity contribution in [3.63, 3.8) is 0 Å². The van der Waals surface area contributed by atoms with Gasteiger partial charge in [0.25, 0.3) is 0 Å². The third-order valence-corrected chi connectivity index (χ3v) is 8.33. The number of pyridine rings is 1. The lowest BCUT2D eigenvalue weighted by Gasteiger charge is -2.38. The van der Waals surface area contributed by atoms with Crippen molar-refractivity contribution in [1.82, 2.24) is 4.98 Å². The number of hydrogen-bond donors (Lipinski definition) is 1. The Morgan fingerprint density at radius 3 is 2.55 bits per heavy atom. The molecule has 3 heterocycles. The number of benzene rings is 1. The summed E-state index contributed by atoms with van der Waals surface area (Å²) in [6, 6.07) is 9.74. The van der Waals surface area contributed by atoms with Crippen LogP contribution >= 0.6 is 11.6 Å². The monoisotopic (exact) mass is 575 g/mol. The van der Waals surface area contributed by atoms with E-state index in [1.165, 1.54) is 0 Å². The van der Waals surface area contributed by atoms with Crippen LogP contribution in [0.15, 0.2) is 36.5 Å². The second-order valence-electron chi connectivity index (χ2n) is 11.1. The summed E-state index contributed by atoms with van der Waals surface area (Å²) in [5.41, 5.74) is 1.90. The van der Waals surface area contributed by atoms with Crippen molar-refractivity contribution in [3.05, 3.63) is 41.6 Å². The molecule has 4 rings (SSSR count). The van der Waals surface area contributed by atoms with Crippen LogP contribution in [0.25, 0.3) is 0 Å². The van der Waals surface area contributed by atoms with Crippen LogP contribution in [0.2, 0.25) is 5.02 Å². The highest BCUT2D eigenvalue weighted by Crippen LogP contribution is 2.36. The number of aliphatic carboxylic acids is 1. The van der Waals surface area contributed by atoms with Crippen molar-refractivity contribution < 1.29 is 28.8 Å². The van der Waals surface area contributed by atoms with Crippen LogP contribution in [-0.4, -0.2) is 81.4 Å².